The lowest BCUT2D eigenvalue weighted by molar-refractivity contribution is -0.120. The van der Waals surface area contributed by atoms with Gasteiger partial charge < -0.3 is 10.6 Å². The summed E-state index contributed by atoms with van der Waals surface area (Å²) in [4.78, 5) is 11.2. The molecule has 0 aromatic heterocycles. The highest BCUT2D eigenvalue weighted by molar-refractivity contribution is 7.89. The molecule has 0 aromatic rings. The molecule has 7 heteroatoms. The van der Waals surface area contributed by atoms with Gasteiger partial charge in [0.05, 0.1) is 5.75 Å². The van der Waals surface area contributed by atoms with Gasteiger partial charge in [-0.15, -0.1) is 0 Å². The average Bonchev–Trinajstić information content (AvgIpc) is 2.63. The smallest absolute Gasteiger partial charge is 0.221 e. The van der Waals surface area contributed by atoms with Crippen molar-refractivity contribution in [2.75, 3.05) is 38.5 Å². The molecule has 2 saturated heterocycles. The van der Waals surface area contributed by atoms with E-state index in [-0.39, 0.29) is 18.1 Å². The van der Waals surface area contributed by atoms with E-state index in [1.54, 1.807) is 0 Å². The van der Waals surface area contributed by atoms with E-state index in [1.807, 2.05) is 0 Å². The first-order chi connectivity index (χ1) is 9.08. The lowest BCUT2D eigenvalue weighted by atomic mass is 9.96. The van der Waals surface area contributed by atoms with E-state index in [1.165, 1.54) is 4.31 Å². The molecule has 0 radical (unpaired) electrons. The second kappa shape index (κ2) is 6.67. The van der Waals surface area contributed by atoms with Gasteiger partial charge in [-0.2, -0.15) is 4.31 Å². The van der Waals surface area contributed by atoms with E-state index in [0.717, 1.165) is 32.4 Å². The molecule has 0 saturated carbocycles. The van der Waals surface area contributed by atoms with Crippen LogP contribution in [0.2, 0.25) is 0 Å². The van der Waals surface area contributed by atoms with Crippen LogP contribution in [0.15, 0.2) is 0 Å². The molecule has 2 aliphatic heterocycles. The molecule has 2 aliphatic rings. The number of piperidine rings is 1. The van der Waals surface area contributed by atoms with Gasteiger partial charge in [-0.05, 0) is 38.3 Å². The Morgan fingerprint density at radius 1 is 1.16 bits per heavy atom. The lowest BCUT2D eigenvalue weighted by Gasteiger charge is -2.24. The third-order valence-electron chi connectivity index (χ3n) is 3.91. The van der Waals surface area contributed by atoms with E-state index in [0.29, 0.717) is 25.6 Å². The quantitative estimate of drug-likeness (QED) is 0.733. The second-order valence-corrected chi connectivity index (χ2v) is 7.39. The van der Waals surface area contributed by atoms with Gasteiger partial charge in [0.15, 0.2) is 0 Å². The molecule has 19 heavy (non-hydrogen) atoms. The molecule has 2 heterocycles. The zero-order valence-corrected chi connectivity index (χ0v) is 12.0. The topological polar surface area (TPSA) is 78.5 Å². The van der Waals surface area contributed by atoms with Crippen molar-refractivity contribution in [3.05, 3.63) is 0 Å². The first kappa shape index (κ1) is 14.7. The highest BCUT2D eigenvalue weighted by Crippen LogP contribution is 2.18. The number of sulfonamides is 1. The second-order valence-electron chi connectivity index (χ2n) is 5.30. The van der Waals surface area contributed by atoms with E-state index < -0.39 is 10.0 Å². The van der Waals surface area contributed by atoms with Crippen LogP contribution in [-0.2, 0) is 14.8 Å². The van der Waals surface area contributed by atoms with Crippen molar-refractivity contribution in [3.63, 3.8) is 0 Å². The predicted octanol–water partition coefficient (Wildman–Crippen LogP) is -0.472. The third-order valence-corrected chi connectivity index (χ3v) is 5.81. The molecular weight excluding hydrogens is 266 g/mol. The van der Waals surface area contributed by atoms with Crippen LogP contribution in [0, 0.1) is 5.92 Å². The zero-order valence-electron chi connectivity index (χ0n) is 11.2. The highest BCUT2D eigenvalue weighted by atomic mass is 32.2. The molecule has 0 unspecified atom stereocenters. The number of hydrogen-bond donors (Lipinski definition) is 2. The summed E-state index contributed by atoms with van der Waals surface area (Å²) in [6, 6.07) is 0. The first-order valence-corrected chi connectivity index (χ1v) is 8.64. The van der Waals surface area contributed by atoms with Gasteiger partial charge >= 0.3 is 0 Å². The average molecular weight is 289 g/mol. The normalized spacial score (nSPS) is 23.9. The number of nitrogens with zero attached hydrogens (tertiary/aromatic N) is 1. The summed E-state index contributed by atoms with van der Waals surface area (Å²) < 4.78 is 26.0. The summed E-state index contributed by atoms with van der Waals surface area (Å²) in [6.45, 7) is 3.13. The van der Waals surface area contributed by atoms with Crippen LogP contribution in [-0.4, -0.2) is 57.1 Å². The van der Waals surface area contributed by atoms with Crippen molar-refractivity contribution in [1.82, 2.24) is 14.9 Å². The molecule has 2 fully saturated rings. The zero-order chi connectivity index (χ0) is 13.7. The summed E-state index contributed by atoms with van der Waals surface area (Å²) in [5, 5.41) is 5.98. The maximum Gasteiger partial charge on any atom is 0.221 e. The van der Waals surface area contributed by atoms with E-state index >= 15 is 0 Å². The number of carbonyl (C=O) groups is 1. The fourth-order valence-electron chi connectivity index (χ4n) is 2.64. The Balaban J connectivity index is 1.84. The Morgan fingerprint density at radius 3 is 2.63 bits per heavy atom. The standard InChI is InChI=1S/C12H23N3O3S/c16-12-3-8-15(9-7-14-12)19(17,18)10-4-11-1-5-13-6-2-11/h11,13H,1-10H2,(H,14,16). The van der Waals surface area contributed by atoms with Crippen molar-refractivity contribution in [2.24, 2.45) is 5.92 Å². The van der Waals surface area contributed by atoms with Crippen LogP contribution in [0.4, 0.5) is 0 Å². The van der Waals surface area contributed by atoms with Gasteiger partial charge in [0.25, 0.3) is 0 Å². The van der Waals surface area contributed by atoms with Crippen molar-refractivity contribution in [1.29, 1.82) is 0 Å². The molecule has 0 bridgehead atoms. The number of amides is 1. The fraction of sp³-hybridized carbons (Fsp3) is 0.917. The van der Waals surface area contributed by atoms with Crippen LogP contribution in [0.25, 0.3) is 0 Å². The summed E-state index contributed by atoms with van der Waals surface area (Å²) in [7, 11) is -3.21. The van der Waals surface area contributed by atoms with Gasteiger partial charge in [0, 0.05) is 26.1 Å². The van der Waals surface area contributed by atoms with Crippen LogP contribution >= 0.6 is 0 Å². The van der Waals surface area contributed by atoms with Gasteiger partial charge in [0.1, 0.15) is 0 Å². The van der Waals surface area contributed by atoms with Gasteiger partial charge in [0.2, 0.25) is 15.9 Å². The van der Waals surface area contributed by atoms with E-state index in [4.69, 9.17) is 0 Å². The lowest BCUT2D eigenvalue weighted by Crippen LogP contribution is -2.37. The molecule has 0 aromatic carbocycles. The minimum Gasteiger partial charge on any atom is -0.355 e. The van der Waals surface area contributed by atoms with Crippen LogP contribution in [0.1, 0.15) is 25.7 Å². The van der Waals surface area contributed by atoms with Crippen LogP contribution < -0.4 is 10.6 Å². The molecule has 2 N–H and O–H groups in total. The van der Waals surface area contributed by atoms with E-state index in [9.17, 15) is 13.2 Å². The van der Waals surface area contributed by atoms with Crippen LogP contribution in [0.5, 0.6) is 0 Å². The van der Waals surface area contributed by atoms with Gasteiger partial charge in [-0.1, -0.05) is 0 Å². The monoisotopic (exact) mass is 289 g/mol. The molecule has 0 aliphatic carbocycles. The van der Waals surface area contributed by atoms with E-state index in [2.05, 4.69) is 10.6 Å². The van der Waals surface area contributed by atoms with Crippen molar-refractivity contribution >= 4 is 15.9 Å². The van der Waals surface area contributed by atoms with Crippen LogP contribution in [0.3, 0.4) is 0 Å². The Hall–Kier alpha value is -0.660. The number of rotatable bonds is 4. The SMILES string of the molecule is O=C1CCN(S(=O)(=O)CCC2CCNCC2)CCN1. The third kappa shape index (κ3) is 4.43. The van der Waals surface area contributed by atoms with Gasteiger partial charge in [-0.25, -0.2) is 8.42 Å². The summed E-state index contributed by atoms with van der Waals surface area (Å²) in [6.07, 6.45) is 3.14. The molecule has 2 rings (SSSR count). The van der Waals surface area contributed by atoms with Crippen molar-refractivity contribution in [3.8, 4) is 0 Å². The molecular formula is C12H23N3O3S. The largest absolute Gasteiger partial charge is 0.355 e. The minimum absolute atomic E-state index is 0.0592. The Morgan fingerprint density at radius 2 is 1.89 bits per heavy atom. The summed E-state index contributed by atoms with van der Waals surface area (Å²) in [5.41, 5.74) is 0. The van der Waals surface area contributed by atoms with Crippen molar-refractivity contribution in [2.45, 2.75) is 25.7 Å². The molecule has 110 valence electrons. The summed E-state index contributed by atoms with van der Waals surface area (Å²) in [5.74, 6) is 0.671. The van der Waals surface area contributed by atoms with Crippen molar-refractivity contribution < 1.29 is 13.2 Å². The fourth-order valence-corrected chi connectivity index (χ4v) is 4.27. The maximum absolute atomic E-state index is 12.3. The summed E-state index contributed by atoms with van der Waals surface area (Å²) >= 11 is 0. The molecule has 6 nitrogen and oxygen atoms in total. The molecule has 0 spiro atoms. The Labute approximate surface area is 115 Å². The first-order valence-electron chi connectivity index (χ1n) is 7.03. The predicted molar refractivity (Wildman–Crippen MR) is 73.2 cm³/mol. The Kier molecular flexibility index (Phi) is 5.18. The molecule has 0 atom stereocenters. The number of hydrogen-bond acceptors (Lipinski definition) is 4. The number of carbonyl (C=O) groups excluding carboxylic acids is 1. The highest BCUT2D eigenvalue weighted by Gasteiger charge is 2.26. The minimum atomic E-state index is -3.21. The van der Waals surface area contributed by atoms with Gasteiger partial charge in [-0.3, -0.25) is 4.79 Å². The maximum atomic E-state index is 12.3. The number of nitrogens with one attached hydrogen (secondary N) is 2. The molecule has 1 amide bonds. The Bertz CT molecular complexity index is 404.